The summed E-state index contributed by atoms with van der Waals surface area (Å²) in [4.78, 5) is 0. The highest BCUT2D eigenvalue weighted by atomic mass is 79.9. The molecule has 1 N–H and O–H groups in total. The lowest BCUT2D eigenvalue weighted by Gasteiger charge is -2.12. The third-order valence-corrected chi connectivity index (χ3v) is 4.36. The number of rotatable bonds is 4. The predicted molar refractivity (Wildman–Crippen MR) is 87.9 cm³/mol. The molecule has 0 spiro atoms. The van der Waals surface area contributed by atoms with E-state index in [0.29, 0.717) is 6.54 Å². The zero-order chi connectivity index (χ0) is 14.8. The fourth-order valence-corrected chi connectivity index (χ4v) is 2.99. The number of fused-ring (bicyclic) bond motifs is 1. The number of nitrogens with one attached hydrogen (secondary N) is 1. The van der Waals surface area contributed by atoms with E-state index < -0.39 is 0 Å². The Morgan fingerprint density at radius 1 is 1.14 bits per heavy atom. The first-order valence-corrected chi connectivity index (χ1v) is 7.64. The van der Waals surface area contributed by atoms with Gasteiger partial charge in [-0.2, -0.15) is 0 Å². The van der Waals surface area contributed by atoms with Crippen LogP contribution in [0.3, 0.4) is 0 Å². The van der Waals surface area contributed by atoms with Crippen molar-refractivity contribution in [1.29, 1.82) is 0 Å². The predicted octanol–water partition coefficient (Wildman–Crippen LogP) is 4.31. The van der Waals surface area contributed by atoms with Crippen molar-refractivity contribution in [3.05, 3.63) is 70.1 Å². The Morgan fingerprint density at radius 3 is 2.76 bits per heavy atom. The molecule has 0 amide bonds. The van der Waals surface area contributed by atoms with Crippen LogP contribution in [-0.2, 0) is 13.1 Å². The molecule has 0 unspecified atom stereocenters. The zero-order valence-electron chi connectivity index (χ0n) is 11.7. The second-order valence-electron chi connectivity index (χ2n) is 5.05. The molecule has 1 aromatic heterocycles. The summed E-state index contributed by atoms with van der Waals surface area (Å²) >= 11 is 3.51. The number of hydrogen-bond acceptors (Lipinski definition) is 1. The van der Waals surface area contributed by atoms with Gasteiger partial charge in [-0.1, -0.05) is 34.1 Å². The second-order valence-corrected chi connectivity index (χ2v) is 5.90. The highest BCUT2D eigenvalue weighted by Crippen LogP contribution is 2.24. The number of nitrogens with zero attached hydrogens (tertiary/aromatic N) is 1. The normalized spacial score (nSPS) is 11.2. The quantitative estimate of drug-likeness (QED) is 0.744. The van der Waals surface area contributed by atoms with Gasteiger partial charge in [0.05, 0.1) is 0 Å². The molecule has 4 heteroatoms. The van der Waals surface area contributed by atoms with Crippen LogP contribution in [0.2, 0.25) is 0 Å². The average Bonchev–Trinajstić information content (AvgIpc) is 2.81. The van der Waals surface area contributed by atoms with Gasteiger partial charge in [-0.25, -0.2) is 4.39 Å². The first-order valence-electron chi connectivity index (χ1n) is 6.84. The maximum Gasteiger partial charge on any atom is 0.123 e. The van der Waals surface area contributed by atoms with Gasteiger partial charge in [0.2, 0.25) is 0 Å². The number of para-hydroxylation sites is 1. The molecule has 1 heterocycles. The SMILES string of the molecule is CNCc1cc2ccccc2n1Cc1cc(F)ccc1Br. The van der Waals surface area contributed by atoms with Crippen molar-refractivity contribution in [2.24, 2.45) is 0 Å². The molecular weight excluding hydrogens is 331 g/mol. The van der Waals surface area contributed by atoms with Gasteiger partial charge in [-0.15, -0.1) is 0 Å². The lowest BCUT2D eigenvalue weighted by molar-refractivity contribution is 0.622. The van der Waals surface area contributed by atoms with Gasteiger partial charge in [0.1, 0.15) is 5.82 Å². The monoisotopic (exact) mass is 346 g/mol. The van der Waals surface area contributed by atoms with Crippen molar-refractivity contribution in [2.75, 3.05) is 7.05 Å². The average molecular weight is 347 g/mol. The molecule has 3 aromatic rings. The lowest BCUT2D eigenvalue weighted by atomic mass is 10.2. The van der Waals surface area contributed by atoms with Gasteiger partial charge in [0, 0.05) is 28.8 Å². The summed E-state index contributed by atoms with van der Waals surface area (Å²) in [6.07, 6.45) is 0. The van der Waals surface area contributed by atoms with Crippen LogP contribution in [0.5, 0.6) is 0 Å². The van der Waals surface area contributed by atoms with Gasteiger partial charge in [0.25, 0.3) is 0 Å². The summed E-state index contributed by atoms with van der Waals surface area (Å²) in [5, 5.41) is 4.39. The van der Waals surface area contributed by atoms with E-state index in [-0.39, 0.29) is 5.82 Å². The van der Waals surface area contributed by atoms with E-state index in [2.05, 4.69) is 44.0 Å². The third-order valence-electron chi connectivity index (χ3n) is 3.59. The van der Waals surface area contributed by atoms with Crippen LogP contribution in [0.1, 0.15) is 11.3 Å². The maximum absolute atomic E-state index is 13.5. The molecule has 2 nitrogen and oxygen atoms in total. The van der Waals surface area contributed by atoms with E-state index in [1.54, 1.807) is 12.1 Å². The molecule has 21 heavy (non-hydrogen) atoms. The summed E-state index contributed by atoms with van der Waals surface area (Å²) < 4.78 is 16.7. The fourth-order valence-electron chi connectivity index (χ4n) is 2.62. The maximum atomic E-state index is 13.5. The minimum Gasteiger partial charge on any atom is -0.339 e. The molecule has 0 aliphatic rings. The highest BCUT2D eigenvalue weighted by Gasteiger charge is 2.10. The second kappa shape index (κ2) is 6.00. The van der Waals surface area contributed by atoms with Crippen LogP contribution in [0.25, 0.3) is 10.9 Å². The van der Waals surface area contributed by atoms with E-state index in [1.807, 2.05) is 19.2 Å². The molecule has 108 valence electrons. The van der Waals surface area contributed by atoms with Crippen molar-refractivity contribution in [3.8, 4) is 0 Å². The zero-order valence-corrected chi connectivity index (χ0v) is 13.3. The third kappa shape index (κ3) is 2.87. The van der Waals surface area contributed by atoms with Crippen molar-refractivity contribution >= 4 is 26.8 Å². The lowest BCUT2D eigenvalue weighted by Crippen LogP contribution is -2.12. The van der Waals surface area contributed by atoms with Crippen LogP contribution >= 0.6 is 15.9 Å². The van der Waals surface area contributed by atoms with Crippen molar-refractivity contribution < 1.29 is 4.39 Å². The first-order chi connectivity index (χ1) is 10.2. The van der Waals surface area contributed by atoms with E-state index in [1.165, 1.54) is 22.7 Å². The summed E-state index contributed by atoms with van der Waals surface area (Å²) in [7, 11) is 1.93. The van der Waals surface area contributed by atoms with Gasteiger partial charge in [-0.3, -0.25) is 0 Å². The Balaban J connectivity index is 2.10. The summed E-state index contributed by atoms with van der Waals surface area (Å²) in [6, 6.07) is 15.3. The van der Waals surface area contributed by atoms with E-state index >= 15 is 0 Å². The van der Waals surface area contributed by atoms with Crippen LogP contribution in [0.15, 0.2) is 53.0 Å². The number of halogens is 2. The minimum atomic E-state index is -0.208. The van der Waals surface area contributed by atoms with Gasteiger partial charge in [-0.05, 0) is 48.3 Å². The Morgan fingerprint density at radius 2 is 1.95 bits per heavy atom. The number of aromatic nitrogens is 1. The molecule has 0 saturated heterocycles. The molecule has 0 fully saturated rings. The first kappa shape index (κ1) is 14.3. The summed E-state index contributed by atoms with van der Waals surface area (Å²) in [5.41, 5.74) is 3.29. The van der Waals surface area contributed by atoms with Crippen LogP contribution in [0, 0.1) is 5.82 Å². The largest absolute Gasteiger partial charge is 0.339 e. The molecule has 0 radical (unpaired) electrons. The van der Waals surface area contributed by atoms with Crippen molar-refractivity contribution in [2.45, 2.75) is 13.1 Å². The number of hydrogen-bond donors (Lipinski definition) is 1. The molecule has 0 aliphatic carbocycles. The highest BCUT2D eigenvalue weighted by molar-refractivity contribution is 9.10. The van der Waals surface area contributed by atoms with Crippen LogP contribution < -0.4 is 5.32 Å². The van der Waals surface area contributed by atoms with E-state index in [9.17, 15) is 4.39 Å². The smallest absolute Gasteiger partial charge is 0.123 e. The van der Waals surface area contributed by atoms with E-state index in [0.717, 1.165) is 16.6 Å². The summed E-state index contributed by atoms with van der Waals surface area (Å²) in [5.74, 6) is -0.208. The Labute approximate surface area is 131 Å². The van der Waals surface area contributed by atoms with Gasteiger partial charge < -0.3 is 9.88 Å². The standard InChI is InChI=1S/C17H16BrFN2/c1-20-10-15-9-12-4-2-3-5-17(12)21(15)11-13-8-14(19)6-7-16(13)18/h2-9,20H,10-11H2,1H3. The molecule has 0 atom stereocenters. The Kier molecular flexibility index (Phi) is 4.08. The molecule has 0 bridgehead atoms. The van der Waals surface area contributed by atoms with Crippen molar-refractivity contribution in [3.63, 3.8) is 0 Å². The van der Waals surface area contributed by atoms with Crippen LogP contribution in [-0.4, -0.2) is 11.6 Å². The number of benzene rings is 2. The Bertz CT molecular complexity index is 780. The summed E-state index contributed by atoms with van der Waals surface area (Å²) in [6.45, 7) is 1.42. The molecule has 0 saturated carbocycles. The fraction of sp³-hybridized carbons (Fsp3) is 0.176. The van der Waals surface area contributed by atoms with Crippen LogP contribution in [0.4, 0.5) is 4.39 Å². The van der Waals surface area contributed by atoms with Gasteiger partial charge in [0.15, 0.2) is 0 Å². The molecule has 0 aliphatic heterocycles. The molecule has 3 rings (SSSR count). The van der Waals surface area contributed by atoms with Gasteiger partial charge >= 0.3 is 0 Å². The van der Waals surface area contributed by atoms with Crippen molar-refractivity contribution in [1.82, 2.24) is 9.88 Å². The minimum absolute atomic E-state index is 0.208. The molecular formula is C17H16BrFN2. The van der Waals surface area contributed by atoms with E-state index in [4.69, 9.17) is 0 Å². The molecule has 2 aromatic carbocycles. The topological polar surface area (TPSA) is 17.0 Å². The Hall–Kier alpha value is -1.65.